The van der Waals surface area contributed by atoms with Gasteiger partial charge in [-0.3, -0.25) is 4.90 Å². The number of hydrogen-bond acceptors (Lipinski definition) is 4. The molecule has 0 aliphatic carbocycles. The lowest BCUT2D eigenvalue weighted by Gasteiger charge is -2.25. The molecule has 0 saturated heterocycles. The number of hydrogen-bond donors (Lipinski definition) is 1. The molecule has 0 amide bonds. The first-order chi connectivity index (χ1) is 10.5. The smallest absolute Gasteiger partial charge is 0.136 e. The standard InChI is InChI=1S/C18H27N3O/c1-20(2)17-8-5-7-14-13-15(9-10-16(14)17)18(21(3)4)22-12-6-11-19/h5,7-10,13,18H,6,11-12,19H2,1-4H3. The highest BCUT2D eigenvalue weighted by Gasteiger charge is 2.15. The van der Waals surface area contributed by atoms with Crippen LogP contribution in [0.5, 0.6) is 0 Å². The molecule has 0 spiro atoms. The van der Waals surface area contributed by atoms with Gasteiger partial charge in [0.25, 0.3) is 0 Å². The second kappa shape index (κ2) is 7.58. The maximum Gasteiger partial charge on any atom is 0.136 e. The normalized spacial score (nSPS) is 12.8. The molecule has 0 heterocycles. The molecule has 1 unspecified atom stereocenters. The zero-order chi connectivity index (χ0) is 16.1. The number of benzene rings is 2. The Balaban J connectivity index is 2.34. The fraction of sp³-hybridized carbons (Fsp3) is 0.444. The minimum atomic E-state index is -0.0426. The van der Waals surface area contributed by atoms with E-state index >= 15 is 0 Å². The van der Waals surface area contributed by atoms with Crippen LogP contribution < -0.4 is 10.6 Å². The monoisotopic (exact) mass is 301 g/mol. The van der Waals surface area contributed by atoms with Crippen LogP contribution in [0.2, 0.25) is 0 Å². The molecule has 0 aromatic heterocycles. The molecule has 0 radical (unpaired) electrons. The molecule has 0 fully saturated rings. The van der Waals surface area contributed by atoms with Gasteiger partial charge >= 0.3 is 0 Å². The van der Waals surface area contributed by atoms with E-state index in [2.05, 4.69) is 60.3 Å². The molecule has 1 atom stereocenters. The van der Waals surface area contributed by atoms with Crippen LogP contribution in [-0.4, -0.2) is 46.2 Å². The molecule has 0 bridgehead atoms. The zero-order valence-electron chi connectivity index (χ0n) is 14.0. The molecule has 2 N–H and O–H groups in total. The van der Waals surface area contributed by atoms with E-state index in [9.17, 15) is 0 Å². The van der Waals surface area contributed by atoms with Crippen molar-refractivity contribution in [3.05, 3.63) is 42.0 Å². The minimum Gasteiger partial charge on any atom is -0.377 e. The maximum atomic E-state index is 5.99. The summed E-state index contributed by atoms with van der Waals surface area (Å²) in [6.45, 7) is 1.33. The molecular weight excluding hydrogens is 274 g/mol. The average molecular weight is 301 g/mol. The number of rotatable bonds is 7. The second-order valence-electron chi connectivity index (χ2n) is 5.98. The van der Waals surface area contributed by atoms with E-state index in [1.165, 1.54) is 22.0 Å². The molecule has 2 rings (SSSR count). The summed E-state index contributed by atoms with van der Waals surface area (Å²) in [6, 6.07) is 12.9. The molecule has 4 heteroatoms. The molecule has 0 aliphatic rings. The first-order valence-electron chi connectivity index (χ1n) is 7.72. The predicted octanol–water partition coefficient (Wildman–Crippen LogP) is 2.83. The third-order valence-electron chi connectivity index (χ3n) is 3.74. The van der Waals surface area contributed by atoms with E-state index in [0.717, 1.165) is 6.42 Å². The number of anilines is 1. The summed E-state index contributed by atoms with van der Waals surface area (Å²) in [6.07, 6.45) is 0.835. The van der Waals surface area contributed by atoms with Gasteiger partial charge in [0.1, 0.15) is 6.23 Å². The van der Waals surface area contributed by atoms with E-state index < -0.39 is 0 Å². The van der Waals surface area contributed by atoms with Crippen LogP contribution in [0, 0.1) is 0 Å². The lowest BCUT2D eigenvalue weighted by atomic mass is 10.0. The Labute approximate surface area is 133 Å². The van der Waals surface area contributed by atoms with Gasteiger partial charge in [-0.2, -0.15) is 0 Å². The molecular formula is C18H27N3O. The lowest BCUT2D eigenvalue weighted by Crippen LogP contribution is -2.23. The topological polar surface area (TPSA) is 41.7 Å². The first kappa shape index (κ1) is 16.7. The number of ether oxygens (including phenoxy) is 1. The summed E-state index contributed by atoms with van der Waals surface area (Å²) in [5.74, 6) is 0. The fourth-order valence-corrected chi connectivity index (χ4v) is 2.65. The van der Waals surface area contributed by atoms with Crippen molar-refractivity contribution < 1.29 is 4.74 Å². The van der Waals surface area contributed by atoms with Crippen molar-refractivity contribution in [2.45, 2.75) is 12.6 Å². The quantitative estimate of drug-likeness (QED) is 0.631. The van der Waals surface area contributed by atoms with E-state index in [4.69, 9.17) is 10.5 Å². The Morgan fingerprint density at radius 1 is 1.09 bits per heavy atom. The van der Waals surface area contributed by atoms with Crippen molar-refractivity contribution >= 4 is 16.5 Å². The van der Waals surface area contributed by atoms with Crippen LogP contribution in [0.15, 0.2) is 36.4 Å². The summed E-state index contributed by atoms with van der Waals surface area (Å²) >= 11 is 0. The largest absolute Gasteiger partial charge is 0.377 e. The van der Waals surface area contributed by atoms with E-state index in [0.29, 0.717) is 13.2 Å². The van der Waals surface area contributed by atoms with Crippen molar-refractivity contribution in [3.63, 3.8) is 0 Å². The maximum absolute atomic E-state index is 5.99. The fourth-order valence-electron chi connectivity index (χ4n) is 2.65. The summed E-state index contributed by atoms with van der Waals surface area (Å²) in [4.78, 5) is 4.23. The summed E-state index contributed by atoms with van der Waals surface area (Å²) in [7, 11) is 8.21. The molecule has 4 nitrogen and oxygen atoms in total. The Bertz CT molecular complexity index is 610. The van der Waals surface area contributed by atoms with Crippen LogP contribution in [0.4, 0.5) is 5.69 Å². The number of fused-ring (bicyclic) bond motifs is 1. The second-order valence-corrected chi connectivity index (χ2v) is 5.98. The van der Waals surface area contributed by atoms with Gasteiger partial charge in [-0.05, 0) is 50.1 Å². The van der Waals surface area contributed by atoms with Gasteiger partial charge in [-0.15, -0.1) is 0 Å². The lowest BCUT2D eigenvalue weighted by molar-refractivity contribution is -0.0386. The summed E-state index contributed by atoms with van der Waals surface area (Å²) < 4.78 is 5.99. The van der Waals surface area contributed by atoms with E-state index in [1.807, 2.05) is 14.1 Å². The SMILES string of the molecule is CN(C)c1cccc2cc(C(OCCCN)N(C)C)ccc12. The van der Waals surface area contributed by atoms with Gasteiger partial charge in [-0.1, -0.05) is 24.3 Å². The molecule has 2 aromatic carbocycles. The van der Waals surface area contributed by atoms with Crippen molar-refractivity contribution in [1.82, 2.24) is 4.90 Å². The van der Waals surface area contributed by atoms with Gasteiger partial charge in [0.15, 0.2) is 0 Å². The molecule has 0 saturated carbocycles. The Kier molecular flexibility index (Phi) is 5.77. The average Bonchev–Trinajstić information content (AvgIpc) is 2.50. The van der Waals surface area contributed by atoms with Crippen LogP contribution in [-0.2, 0) is 4.74 Å². The van der Waals surface area contributed by atoms with Crippen molar-refractivity contribution in [2.75, 3.05) is 46.2 Å². The van der Waals surface area contributed by atoms with Crippen LogP contribution in [0.3, 0.4) is 0 Å². The van der Waals surface area contributed by atoms with Crippen molar-refractivity contribution in [3.8, 4) is 0 Å². The van der Waals surface area contributed by atoms with E-state index in [1.54, 1.807) is 0 Å². The van der Waals surface area contributed by atoms with Crippen molar-refractivity contribution in [2.24, 2.45) is 5.73 Å². The third-order valence-corrected chi connectivity index (χ3v) is 3.74. The number of nitrogens with two attached hydrogens (primary N) is 1. The van der Waals surface area contributed by atoms with Gasteiger partial charge in [0, 0.05) is 25.2 Å². The Morgan fingerprint density at radius 2 is 1.86 bits per heavy atom. The Morgan fingerprint density at radius 3 is 2.50 bits per heavy atom. The molecule has 22 heavy (non-hydrogen) atoms. The molecule has 2 aromatic rings. The predicted molar refractivity (Wildman–Crippen MR) is 94.3 cm³/mol. The Hall–Kier alpha value is -1.62. The highest BCUT2D eigenvalue weighted by atomic mass is 16.5. The number of nitrogens with zero attached hydrogens (tertiary/aromatic N) is 2. The van der Waals surface area contributed by atoms with Gasteiger partial charge in [-0.25, -0.2) is 0 Å². The summed E-state index contributed by atoms with van der Waals surface area (Å²) in [5, 5.41) is 2.49. The zero-order valence-corrected chi connectivity index (χ0v) is 14.0. The van der Waals surface area contributed by atoms with Crippen LogP contribution >= 0.6 is 0 Å². The first-order valence-corrected chi connectivity index (χ1v) is 7.72. The highest BCUT2D eigenvalue weighted by Crippen LogP contribution is 2.29. The third kappa shape index (κ3) is 3.77. The van der Waals surface area contributed by atoms with Gasteiger partial charge in [0.2, 0.25) is 0 Å². The van der Waals surface area contributed by atoms with Gasteiger partial charge in [0.05, 0.1) is 6.61 Å². The van der Waals surface area contributed by atoms with Crippen LogP contribution in [0.1, 0.15) is 18.2 Å². The minimum absolute atomic E-state index is 0.0426. The molecule has 0 aliphatic heterocycles. The highest BCUT2D eigenvalue weighted by molar-refractivity contribution is 5.94. The van der Waals surface area contributed by atoms with Crippen LogP contribution in [0.25, 0.3) is 10.8 Å². The van der Waals surface area contributed by atoms with Gasteiger partial charge < -0.3 is 15.4 Å². The molecule has 120 valence electrons. The van der Waals surface area contributed by atoms with Crippen molar-refractivity contribution in [1.29, 1.82) is 0 Å². The summed E-state index contributed by atoms with van der Waals surface area (Å²) in [5.41, 5.74) is 7.95. The van der Waals surface area contributed by atoms with E-state index in [-0.39, 0.29) is 6.23 Å².